The van der Waals surface area contributed by atoms with Gasteiger partial charge >= 0.3 is 5.97 Å². The summed E-state index contributed by atoms with van der Waals surface area (Å²) in [4.78, 5) is 11.3. The third-order valence-electron chi connectivity index (χ3n) is 2.76. The van der Waals surface area contributed by atoms with Gasteiger partial charge in [0.15, 0.2) is 0 Å². The van der Waals surface area contributed by atoms with E-state index in [0.717, 1.165) is 0 Å². The summed E-state index contributed by atoms with van der Waals surface area (Å²) in [6.07, 6.45) is 0. The third-order valence-corrected chi connectivity index (χ3v) is 4.67. The van der Waals surface area contributed by atoms with Crippen LogP contribution in [0.2, 0.25) is 0 Å². The zero-order valence-electron chi connectivity index (χ0n) is 10.7. The summed E-state index contributed by atoms with van der Waals surface area (Å²) in [5.74, 6) is -1.26. The van der Waals surface area contributed by atoms with Crippen molar-refractivity contribution in [3.8, 4) is 0 Å². The van der Waals surface area contributed by atoms with Crippen molar-refractivity contribution in [3.63, 3.8) is 0 Å². The first-order valence-corrected chi connectivity index (χ1v) is 8.23. The van der Waals surface area contributed by atoms with E-state index in [4.69, 9.17) is 0 Å². The van der Waals surface area contributed by atoms with Crippen LogP contribution in [0.5, 0.6) is 0 Å². The van der Waals surface area contributed by atoms with Crippen molar-refractivity contribution in [3.05, 3.63) is 64.6 Å². The molecule has 2 aromatic carbocycles. The molecular formula is C14H12BrNO4S. The second kappa shape index (κ2) is 6.38. The highest BCUT2D eigenvalue weighted by atomic mass is 79.9. The molecule has 0 spiro atoms. The van der Waals surface area contributed by atoms with Crippen LogP contribution in [0.25, 0.3) is 0 Å². The van der Waals surface area contributed by atoms with Gasteiger partial charge in [-0.25, -0.2) is 8.42 Å². The van der Waals surface area contributed by atoms with Gasteiger partial charge in [0, 0.05) is 4.47 Å². The Kier molecular flexibility index (Phi) is 4.76. The monoisotopic (exact) mass is 369 g/mol. The number of benzene rings is 2. The van der Waals surface area contributed by atoms with Crippen LogP contribution in [0.4, 0.5) is 0 Å². The molecule has 2 rings (SSSR count). The molecular weight excluding hydrogens is 358 g/mol. The van der Waals surface area contributed by atoms with Crippen LogP contribution >= 0.6 is 15.9 Å². The molecule has 7 heteroatoms. The van der Waals surface area contributed by atoms with Crippen LogP contribution in [0, 0.1) is 0 Å². The first-order valence-electron chi connectivity index (χ1n) is 5.96. The van der Waals surface area contributed by atoms with Gasteiger partial charge in [0.05, 0.1) is 4.90 Å². The Bertz CT molecular complexity index is 747. The van der Waals surface area contributed by atoms with Crippen molar-refractivity contribution >= 4 is 31.9 Å². The van der Waals surface area contributed by atoms with Gasteiger partial charge in [-0.15, -0.1) is 0 Å². The summed E-state index contributed by atoms with van der Waals surface area (Å²) in [5.41, 5.74) is 0.364. The summed E-state index contributed by atoms with van der Waals surface area (Å²) in [6.45, 7) is 0. The highest BCUT2D eigenvalue weighted by Crippen LogP contribution is 2.20. The Labute approximate surface area is 130 Å². The molecule has 0 fully saturated rings. The SMILES string of the molecule is O=C(O)[C@H](NS(=O)(=O)c1cccc(Br)c1)c1ccccc1. The zero-order chi connectivity index (χ0) is 15.5. The lowest BCUT2D eigenvalue weighted by atomic mass is 10.1. The maximum Gasteiger partial charge on any atom is 0.326 e. The van der Waals surface area contributed by atoms with Crippen LogP contribution < -0.4 is 4.72 Å². The molecule has 0 saturated heterocycles. The van der Waals surface area contributed by atoms with E-state index in [0.29, 0.717) is 10.0 Å². The average molecular weight is 370 g/mol. The van der Waals surface area contributed by atoms with Crippen molar-refractivity contribution in [2.24, 2.45) is 0 Å². The number of aliphatic carboxylic acids is 1. The minimum atomic E-state index is -3.94. The normalized spacial score (nSPS) is 12.8. The lowest BCUT2D eigenvalue weighted by Crippen LogP contribution is -2.33. The molecule has 0 aliphatic carbocycles. The lowest BCUT2D eigenvalue weighted by Gasteiger charge is -2.15. The fraction of sp³-hybridized carbons (Fsp3) is 0.0714. The van der Waals surface area contributed by atoms with Crippen LogP contribution in [-0.4, -0.2) is 19.5 Å². The molecule has 2 N–H and O–H groups in total. The van der Waals surface area contributed by atoms with Crippen molar-refractivity contribution in [1.29, 1.82) is 0 Å². The average Bonchev–Trinajstić information content (AvgIpc) is 2.45. The minimum absolute atomic E-state index is 0.000874. The van der Waals surface area contributed by atoms with Crippen molar-refractivity contribution in [1.82, 2.24) is 4.72 Å². The molecule has 0 aliphatic heterocycles. The topological polar surface area (TPSA) is 83.5 Å². The van der Waals surface area contributed by atoms with E-state index >= 15 is 0 Å². The highest BCUT2D eigenvalue weighted by Gasteiger charge is 2.26. The number of rotatable bonds is 5. The summed E-state index contributed by atoms with van der Waals surface area (Å²) >= 11 is 3.19. The molecule has 2 aromatic rings. The molecule has 0 saturated carbocycles. The fourth-order valence-electron chi connectivity index (χ4n) is 1.76. The number of sulfonamides is 1. The van der Waals surface area contributed by atoms with Gasteiger partial charge < -0.3 is 5.11 Å². The smallest absolute Gasteiger partial charge is 0.326 e. The van der Waals surface area contributed by atoms with Crippen LogP contribution in [0.15, 0.2) is 64.0 Å². The molecule has 0 heterocycles. The van der Waals surface area contributed by atoms with Crippen LogP contribution in [-0.2, 0) is 14.8 Å². The van der Waals surface area contributed by atoms with Gasteiger partial charge in [-0.1, -0.05) is 52.3 Å². The Morgan fingerprint density at radius 1 is 1.10 bits per heavy atom. The number of carboxylic acid groups (broad SMARTS) is 1. The van der Waals surface area contributed by atoms with E-state index in [1.165, 1.54) is 12.1 Å². The molecule has 0 amide bonds. The molecule has 0 radical (unpaired) electrons. The number of hydrogen-bond donors (Lipinski definition) is 2. The molecule has 5 nitrogen and oxygen atoms in total. The number of halogens is 1. The number of nitrogens with one attached hydrogen (secondary N) is 1. The fourth-order valence-corrected chi connectivity index (χ4v) is 3.54. The summed E-state index contributed by atoms with van der Waals surface area (Å²) in [7, 11) is -3.94. The van der Waals surface area contributed by atoms with E-state index in [2.05, 4.69) is 20.7 Å². The van der Waals surface area contributed by atoms with Crippen LogP contribution in [0.3, 0.4) is 0 Å². The van der Waals surface area contributed by atoms with Gasteiger partial charge in [0.2, 0.25) is 10.0 Å². The van der Waals surface area contributed by atoms with Gasteiger partial charge in [-0.05, 0) is 23.8 Å². The lowest BCUT2D eigenvalue weighted by molar-refractivity contribution is -0.139. The first-order chi connectivity index (χ1) is 9.90. The summed E-state index contributed by atoms with van der Waals surface area (Å²) < 4.78 is 27.4. The van der Waals surface area contributed by atoms with E-state index in [-0.39, 0.29) is 4.90 Å². The predicted octanol–water partition coefficient (Wildman–Crippen LogP) is 2.55. The maximum atomic E-state index is 12.3. The second-order valence-corrected chi connectivity index (χ2v) is 6.89. The quantitative estimate of drug-likeness (QED) is 0.848. The number of carboxylic acids is 1. The van der Waals surface area contributed by atoms with E-state index in [9.17, 15) is 18.3 Å². The molecule has 0 unspecified atom stereocenters. The van der Waals surface area contributed by atoms with Crippen molar-refractivity contribution in [2.75, 3.05) is 0 Å². The van der Waals surface area contributed by atoms with Gasteiger partial charge in [0.1, 0.15) is 6.04 Å². The maximum absolute atomic E-state index is 12.3. The largest absolute Gasteiger partial charge is 0.480 e. The molecule has 110 valence electrons. The number of hydrogen-bond acceptors (Lipinski definition) is 3. The standard InChI is InChI=1S/C14H12BrNO4S/c15-11-7-4-8-12(9-11)21(19,20)16-13(14(17)18)10-5-2-1-3-6-10/h1-9,13,16H,(H,17,18)/t13-/m1/s1. The highest BCUT2D eigenvalue weighted by molar-refractivity contribution is 9.10. The Morgan fingerprint density at radius 3 is 2.33 bits per heavy atom. The van der Waals surface area contributed by atoms with Crippen molar-refractivity contribution < 1.29 is 18.3 Å². The zero-order valence-corrected chi connectivity index (χ0v) is 13.1. The van der Waals surface area contributed by atoms with E-state index in [1.807, 2.05) is 0 Å². The molecule has 21 heavy (non-hydrogen) atoms. The van der Waals surface area contributed by atoms with Gasteiger partial charge in [-0.3, -0.25) is 4.79 Å². The Balaban J connectivity index is 2.35. The number of carbonyl (C=O) groups is 1. The Hall–Kier alpha value is -1.70. The van der Waals surface area contributed by atoms with E-state index in [1.54, 1.807) is 42.5 Å². The van der Waals surface area contributed by atoms with Crippen LogP contribution in [0.1, 0.15) is 11.6 Å². The molecule has 0 aromatic heterocycles. The predicted molar refractivity (Wildman–Crippen MR) is 81.3 cm³/mol. The Morgan fingerprint density at radius 2 is 1.76 bits per heavy atom. The third kappa shape index (κ3) is 3.90. The first kappa shape index (κ1) is 15.7. The molecule has 1 atom stereocenters. The van der Waals surface area contributed by atoms with Gasteiger partial charge in [0.25, 0.3) is 0 Å². The summed E-state index contributed by atoms with van der Waals surface area (Å²) in [5, 5.41) is 9.26. The van der Waals surface area contributed by atoms with Gasteiger partial charge in [-0.2, -0.15) is 4.72 Å². The molecule has 0 aliphatic rings. The minimum Gasteiger partial charge on any atom is -0.480 e. The van der Waals surface area contributed by atoms with Crippen molar-refractivity contribution in [2.45, 2.75) is 10.9 Å². The second-order valence-electron chi connectivity index (χ2n) is 4.26. The summed E-state index contributed by atoms with van der Waals surface area (Å²) in [6, 6.07) is 12.9. The molecule has 0 bridgehead atoms. The van der Waals surface area contributed by atoms with E-state index < -0.39 is 22.0 Å².